The van der Waals surface area contributed by atoms with Crippen molar-refractivity contribution < 1.29 is 28.0 Å². The number of carbonyl (C=O) groups is 2. The van der Waals surface area contributed by atoms with Crippen molar-refractivity contribution in [2.75, 3.05) is 39.3 Å². The fourth-order valence-corrected chi connectivity index (χ4v) is 2.95. The number of ether oxygens (including phenoxy) is 1. The van der Waals surface area contributed by atoms with Crippen LogP contribution in [0.3, 0.4) is 0 Å². The fraction of sp³-hybridized carbons (Fsp3) is 0.500. The lowest BCUT2D eigenvalue weighted by molar-refractivity contribution is -0.896. The smallest absolute Gasteiger partial charge is 0.387 e. The molecule has 154 valence electrons. The van der Waals surface area contributed by atoms with E-state index in [0.29, 0.717) is 26.2 Å². The molecule has 0 aromatic heterocycles. The summed E-state index contributed by atoms with van der Waals surface area (Å²) in [5, 5.41) is 2.92. The molecule has 2 rings (SSSR count). The minimum absolute atomic E-state index is 0.0578. The maximum absolute atomic E-state index is 12.3. The van der Waals surface area contributed by atoms with Crippen LogP contribution >= 0.6 is 0 Å². The monoisotopic (exact) mass is 396 g/mol. The van der Waals surface area contributed by atoms with Crippen LogP contribution in [0.2, 0.25) is 0 Å². The molecule has 1 fully saturated rings. The average Bonchev–Trinajstić information content (AvgIpc) is 2.67. The highest BCUT2D eigenvalue weighted by Gasteiger charge is 2.23. The van der Waals surface area contributed by atoms with Gasteiger partial charge in [0.2, 0.25) is 5.91 Å². The Morgan fingerprint density at radius 1 is 1.25 bits per heavy atom. The number of carbonyl (C=O) groups excluding carboxylic acids is 2. The molecule has 2 N–H and O–H groups in total. The molecule has 1 aromatic rings. The predicted octanol–water partition coefficient (Wildman–Crippen LogP) is 0.945. The Bertz CT molecular complexity index is 657. The van der Waals surface area contributed by atoms with E-state index in [4.69, 9.17) is 0 Å². The van der Waals surface area contributed by atoms with E-state index in [2.05, 4.69) is 17.0 Å². The molecule has 8 heteroatoms. The number of nitrogens with zero attached hydrogens (tertiary/aromatic N) is 1. The van der Waals surface area contributed by atoms with Crippen molar-refractivity contribution in [3.63, 3.8) is 0 Å². The van der Waals surface area contributed by atoms with Gasteiger partial charge in [0.05, 0.1) is 26.2 Å². The molecule has 1 saturated heterocycles. The summed E-state index contributed by atoms with van der Waals surface area (Å²) in [5.41, 5.74) is 0.725. The molecule has 0 saturated carbocycles. The van der Waals surface area contributed by atoms with E-state index in [1.54, 1.807) is 23.1 Å². The van der Waals surface area contributed by atoms with E-state index in [-0.39, 0.29) is 17.6 Å². The third kappa shape index (κ3) is 7.64. The number of benzene rings is 1. The number of alkyl halides is 2. The Hall–Kier alpha value is -2.48. The molecular weight excluding hydrogens is 368 g/mol. The highest BCUT2D eigenvalue weighted by molar-refractivity contribution is 5.91. The van der Waals surface area contributed by atoms with Gasteiger partial charge in [0.1, 0.15) is 5.75 Å². The highest BCUT2D eigenvalue weighted by atomic mass is 19.3. The molecule has 1 heterocycles. The summed E-state index contributed by atoms with van der Waals surface area (Å²) in [6.07, 6.45) is 5.16. The van der Waals surface area contributed by atoms with E-state index < -0.39 is 6.61 Å². The molecule has 6 nitrogen and oxygen atoms in total. The summed E-state index contributed by atoms with van der Waals surface area (Å²) in [6, 6.07) is 6.09. The average molecular weight is 396 g/mol. The number of hydrogen-bond donors (Lipinski definition) is 2. The van der Waals surface area contributed by atoms with Gasteiger partial charge in [-0.1, -0.05) is 25.5 Å². The third-order valence-corrected chi connectivity index (χ3v) is 4.57. The van der Waals surface area contributed by atoms with Crippen molar-refractivity contribution in [1.82, 2.24) is 10.2 Å². The van der Waals surface area contributed by atoms with Crippen LogP contribution in [-0.4, -0.2) is 62.6 Å². The van der Waals surface area contributed by atoms with Gasteiger partial charge >= 0.3 is 6.61 Å². The van der Waals surface area contributed by atoms with Crippen LogP contribution in [0, 0.1) is 0 Å². The summed E-state index contributed by atoms with van der Waals surface area (Å²) in [5.74, 6) is 0.0399. The second kappa shape index (κ2) is 11.4. The van der Waals surface area contributed by atoms with Gasteiger partial charge in [0.15, 0.2) is 6.54 Å². The Labute approximate surface area is 164 Å². The van der Waals surface area contributed by atoms with Crippen LogP contribution < -0.4 is 15.0 Å². The summed E-state index contributed by atoms with van der Waals surface area (Å²) < 4.78 is 28.6. The predicted molar refractivity (Wildman–Crippen MR) is 102 cm³/mol. The quantitative estimate of drug-likeness (QED) is 0.483. The van der Waals surface area contributed by atoms with Crippen LogP contribution in [0.25, 0.3) is 6.08 Å². The molecule has 0 bridgehead atoms. The third-order valence-electron chi connectivity index (χ3n) is 4.57. The zero-order chi connectivity index (χ0) is 20.4. The Morgan fingerprint density at radius 3 is 2.54 bits per heavy atom. The Morgan fingerprint density at radius 2 is 1.93 bits per heavy atom. The minimum Gasteiger partial charge on any atom is -0.435 e. The molecule has 0 unspecified atom stereocenters. The van der Waals surface area contributed by atoms with Crippen molar-refractivity contribution in [3.8, 4) is 5.75 Å². The first-order chi connectivity index (χ1) is 13.5. The van der Waals surface area contributed by atoms with Crippen LogP contribution in [-0.2, 0) is 9.59 Å². The van der Waals surface area contributed by atoms with Crippen molar-refractivity contribution >= 4 is 17.9 Å². The molecular formula is C20H28F2N3O3+. The van der Waals surface area contributed by atoms with Crippen molar-refractivity contribution in [2.45, 2.75) is 26.4 Å². The summed E-state index contributed by atoms with van der Waals surface area (Å²) in [6.45, 7) is 3.05. The molecule has 1 aromatic carbocycles. The van der Waals surface area contributed by atoms with Crippen LogP contribution in [0.4, 0.5) is 8.78 Å². The maximum Gasteiger partial charge on any atom is 0.387 e. The molecule has 28 heavy (non-hydrogen) atoms. The first kappa shape index (κ1) is 21.8. The maximum atomic E-state index is 12.3. The van der Waals surface area contributed by atoms with Gasteiger partial charge in [0, 0.05) is 12.6 Å². The Balaban J connectivity index is 1.74. The molecule has 1 aliphatic heterocycles. The largest absolute Gasteiger partial charge is 0.435 e. The van der Waals surface area contributed by atoms with Gasteiger partial charge in [-0.3, -0.25) is 9.59 Å². The molecule has 0 atom stereocenters. The number of rotatable bonds is 9. The number of quaternary nitrogens is 1. The van der Waals surface area contributed by atoms with Gasteiger partial charge in [-0.15, -0.1) is 0 Å². The van der Waals surface area contributed by atoms with Crippen molar-refractivity contribution in [2.24, 2.45) is 0 Å². The summed E-state index contributed by atoms with van der Waals surface area (Å²) in [4.78, 5) is 27.1. The molecule has 1 aliphatic rings. The molecule has 0 radical (unpaired) electrons. The number of hydrogen-bond acceptors (Lipinski definition) is 3. The first-order valence-corrected chi connectivity index (χ1v) is 9.60. The van der Waals surface area contributed by atoms with Gasteiger partial charge in [-0.05, 0) is 30.2 Å². The van der Waals surface area contributed by atoms with Gasteiger partial charge in [0.25, 0.3) is 5.91 Å². The van der Waals surface area contributed by atoms with E-state index in [1.807, 2.05) is 0 Å². The molecule has 0 spiro atoms. The lowest BCUT2D eigenvalue weighted by Gasteiger charge is -2.31. The second-order valence-corrected chi connectivity index (χ2v) is 6.74. The molecule has 0 aliphatic carbocycles. The van der Waals surface area contributed by atoms with Crippen LogP contribution in [0.1, 0.15) is 25.3 Å². The standard InChI is InChI=1S/C20H27F2N3O3/c1-2-3-10-23-18(26)15-24-11-13-25(14-12-24)19(27)9-6-16-4-7-17(8-5-16)28-20(21)22/h4-9,20H,2-3,10-15H2,1H3,(H,23,26)/p+1/b9-6+. The number of nitrogens with one attached hydrogen (secondary N) is 2. The number of unbranched alkanes of at least 4 members (excludes halogenated alkanes) is 1. The summed E-state index contributed by atoms with van der Waals surface area (Å²) in [7, 11) is 0. The first-order valence-electron chi connectivity index (χ1n) is 9.60. The van der Waals surface area contributed by atoms with E-state index in [9.17, 15) is 18.4 Å². The zero-order valence-corrected chi connectivity index (χ0v) is 16.1. The van der Waals surface area contributed by atoms with Gasteiger partial charge < -0.3 is 19.9 Å². The highest BCUT2D eigenvalue weighted by Crippen LogP contribution is 2.15. The normalized spacial score (nSPS) is 15.2. The zero-order valence-electron chi connectivity index (χ0n) is 16.1. The fourth-order valence-electron chi connectivity index (χ4n) is 2.95. The van der Waals surface area contributed by atoms with Crippen molar-refractivity contribution in [1.29, 1.82) is 0 Å². The summed E-state index contributed by atoms with van der Waals surface area (Å²) >= 11 is 0. The lowest BCUT2D eigenvalue weighted by atomic mass is 10.2. The van der Waals surface area contributed by atoms with E-state index in [1.165, 1.54) is 23.1 Å². The number of halogens is 2. The minimum atomic E-state index is -2.86. The SMILES string of the molecule is CCCCNC(=O)C[NH+]1CCN(C(=O)/C=C/c2ccc(OC(F)F)cc2)CC1. The van der Waals surface area contributed by atoms with Crippen LogP contribution in [0.5, 0.6) is 5.75 Å². The van der Waals surface area contributed by atoms with E-state index >= 15 is 0 Å². The Kier molecular flexibility index (Phi) is 8.87. The van der Waals surface area contributed by atoms with Gasteiger partial charge in [-0.25, -0.2) is 0 Å². The topological polar surface area (TPSA) is 63.1 Å². The van der Waals surface area contributed by atoms with Crippen LogP contribution in [0.15, 0.2) is 30.3 Å². The van der Waals surface area contributed by atoms with Crippen molar-refractivity contribution in [3.05, 3.63) is 35.9 Å². The van der Waals surface area contributed by atoms with Gasteiger partial charge in [-0.2, -0.15) is 8.78 Å². The number of piperazine rings is 1. The lowest BCUT2D eigenvalue weighted by Crippen LogP contribution is -3.15. The second-order valence-electron chi connectivity index (χ2n) is 6.74. The van der Waals surface area contributed by atoms with E-state index in [0.717, 1.165) is 31.5 Å². The molecule has 2 amide bonds. The number of amides is 2.